The minimum absolute atomic E-state index is 0.00913. The van der Waals surface area contributed by atoms with E-state index in [1.54, 1.807) is 0 Å². The van der Waals surface area contributed by atoms with E-state index in [2.05, 4.69) is 10.6 Å². The fraction of sp³-hybridized carbons (Fsp3) is 0.333. The first-order chi connectivity index (χ1) is 9.61. The summed E-state index contributed by atoms with van der Waals surface area (Å²) in [6, 6.07) is 1.73. The molecule has 1 rings (SSSR count). The molecule has 1 aromatic carbocycles. The molecule has 0 aliphatic carbocycles. The number of hydrogen-bond donors (Lipinski definition) is 3. The second kappa shape index (κ2) is 6.66. The van der Waals surface area contributed by atoms with Crippen molar-refractivity contribution in [3.05, 3.63) is 28.8 Å². The zero-order valence-corrected chi connectivity index (χ0v) is 11.5. The van der Waals surface area contributed by atoms with Gasteiger partial charge in [0.25, 0.3) is 0 Å². The summed E-state index contributed by atoms with van der Waals surface area (Å²) < 4.78 is 37.3. The van der Waals surface area contributed by atoms with Gasteiger partial charge in [0.15, 0.2) is 0 Å². The molecule has 0 saturated carbocycles. The molecule has 0 saturated heterocycles. The molecule has 2 amide bonds. The number of aliphatic carboxylic acids is 1. The van der Waals surface area contributed by atoms with Gasteiger partial charge in [-0.15, -0.1) is 0 Å². The van der Waals surface area contributed by atoms with E-state index in [0.29, 0.717) is 6.07 Å². The zero-order valence-electron chi connectivity index (χ0n) is 10.8. The molecule has 0 aliphatic heterocycles. The van der Waals surface area contributed by atoms with E-state index < -0.39 is 29.7 Å². The Balaban J connectivity index is 2.67. The number of urea groups is 1. The first-order valence-electron chi connectivity index (χ1n) is 5.75. The number of nitrogens with one attached hydrogen (secondary N) is 2. The quantitative estimate of drug-likeness (QED) is 0.795. The Morgan fingerprint density at radius 2 is 2.00 bits per heavy atom. The summed E-state index contributed by atoms with van der Waals surface area (Å²) in [5.74, 6) is -1.87. The molecule has 9 heteroatoms. The van der Waals surface area contributed by atoms with Crippen molar-refractivity contribution in [2.75, 3.05) is 11.9 Å². The number of halogens is 4. The molecule has 0 bridgehead atoms. The number of amides is 2. The molecule has 3 N–H and O–H groups in total. The van der Waals surface area contributed by atoms with Crippen LogP contribution in [-0.2, 0) is 11.0 Å². The van der Waals surface area contributed by atoms with Gasteiger partial charge in [-0.05, 0) is 18.2 Å². The maximum Gasteiger partial charge on any atom is 0.416 e. The average molecular weight is 325 g/mol. The molecule has 0 aliphatic rings. The SMILES string of the molecule is CC(CNC(=O)Nc1ccc(C(F)(F)F)cc1Cl)C(=O)O. The van der Waals surface area contributed by atoms with Crippen molar-refractivity contribution in [2.45, 2.75) is 13.1 Å². The highest BCUT2D eigenvalue weighted by Gasteiger charge is 2.31. The Bertz CT molecular complexity index is 549. The van der Waals surface area contributed by atoms with Crippen molar-refractivity contribution in [1.29, 1.82) is 0 Å². The number of anilines is 1. The summed E-state index contributed by atoms with van der Waals surface area (Å²) >= 11 is 5.66. The molecule has 0 radical (unpaired) electrons. The zero-order chi connectivity index (χ0) is 16.2. The van der Waals surface area contributed by atoms with Crippen LogP contribution in [0.4, 0.5) is 23.7 Å². The van der Waals surface area contributed by atoms with Crippen molar-refractivity contribution in [2.24, 2.45) is 5.92 Å². The molecule has 0 heterocycles. The largest absolute Gasteiger partial charge is 0.481 e. The summed E-state index contributed by atoms with van der Waals surface area (Å²) in [6.07, 6.45) is -4.53. The van der Waals surface area contributed by atoms with Gasteiger partial charge in [-0.2, -0.15) is 13.2 Å². The highest BCUT2D eigenvalue weighted by atomic mass is 35.5. The summed E-state index contributed by atoms with van der Waals surface area (Å²) in [7, 11) is 0. The summed E-state index contributed by atoms with van der Waals surface area (Å²) in [5, 5.41) is 12.9. The number of carbonyl (C=O) groups excluding carboxylic acids is 1. The number of carbonyl (C=O) groups is 2. The normalized spacial score (nSPS) is 12.6. The maximum atomic E-state index is 12.4. The fourth-order valence-corrected chi connectivity index (χ4v) is 1.52. The molecule has 5 nitrogen and oxygen atoms in total. The number of alkyl halides is 3. The lowest BCUT2D eigenvalue weighted by Gasteiger charge is -2.12. The molecule has 1 atom stereocenters. The molecule has 116 valence electrons. The highest BCUT2D eigenvalue weighted by Crippen LogP contribution is 2.33. The van der Waals surface area contributed by atoms with Crippen molar-refractivity contribution in [1.82, 2.24) is 5.32 Å². The maximum absolute atomic E-state index is 12.4. The number of carboxylic acid groups (broad SMARTS) is 1. The minimum Gasteiger partial charge on any atom is -0.481 e. The third kappa shape index (κ3) is 5.14. The first-order valence-corrected chi connectivity index (χ1v) is 6.13. The van der Waals surface area contributed by atoms with Crippen LogP contribution in [-0.4, -0.2) is 23.7 Å². The third-order valence-electron chi connectivity index (χ3n) is 2.53. The number of hydrogen-bond acceptors (Lipinski definition) is 2. The van der Waals surface area contributed by atoms with Gasteiger partial charge >= 0.3 is 18.2 Å². The molecule has 0 spiro atoms. The van der Waals surface area contributed by atoms with Gasteiger partial charge in [0.1, 0.15) is 0 Å². The second-order valence-electron chi connectivity index (χ2n) is 4.27. The molecular weight excluding hydrogens is 313 g/mol. The van der Waals surface area contributed by atoms with Crippen LogP contribution in [0.2, 0.25) is 5.02 Å². The summed E-state index contributed by atoms with van der Waals surface area (Å²) in [5.41, 5.74) is -0.942. The monoisotopic (exact) mass is 324 g/mol. The molecular formula is C12H12ClF3N2O3. The van der Waals surface area contributed by atoms with E-state index in [-0.39, 0.29) is 17.3 Å². The van der Waals surface area contributed by atoms with E-state index in [0.717, 1.165) is 12.1 Å². The molecule has 0 fully saturated rings. The van der Waals surface area contributed by atoms with Crippen molar-refractivity contribution < 1.29 is 27.9 Å². The van der Waals surface area contributed by atoms with Crippen LogP contribution >= 0.6 is 11.6 Å². The van der Waals surface area contributed by atoms with E-state index in [9.17, 15) is 22.8 Å². The summed E-state index contributed by atoms with van der Waals surface area (Å²) in [4.78, 5) is 22.0. The van der Waals surface area contributed by atoms with Crippen LogP contribution in [0.1, 0.15) is 12.5 Å². The number of carboxylic acids is 1. The van der Waals surface area contributed by atoms with Crippen LogP contribution in [0.15, 0.2) is 18.2 Å². The number of rotatable bonds is 4. The van der Waals surface area contributed by atoms with Gasteiger partial charge in [0.2, 0.25) is 0 Å². The number of benzene rings is 1. The van der Waals surface area contributed by atoms with Crippen LogP contribution in [0.3, 0.4) is 0 Å². The van der Waals surface area contributed by atoms with Crippen molar-refractivity contribution in [3.63, 3.8) is 0 Å². The average Bonchev–Trinajstić information content (AvgIpc) is 2.36. The Morgan fingerprint density at radius 1 is 1.38 bits per heavy atom. The van der Waals surface area contributed by atoms with Crippen LogP contribution in [0.5, 0.6) is 0 Å². The van der Waals surface area contributed by atoms with Gasteiger partial charge in [-0.25, -0.2) is 4.79 Å². The Morgan fingerprint density at radius 3 is 2.48 bits per heavy atom. The van der Waals surface area contributed by atoms with Gasteiger partial charge in [-0.1, -0.05) is 18.5 Å². The first kappa shape index (κ1) is 17.1. The summed E-state index contributed by atoms with van der Waals surface area (Å²) in [6.45, 7) is 1.27. The standard InChI is InChI=1S/C12H12ClF3N2O3/c1-6(10(19)20)5-17-11(21)18-9-3-2-7(4-8(9)13)12(14,15)16/h2-4,6H,5H2,1H3,(H,19,20)(H2,17,18,21). The molecule has 1 aromatic rings. The predicted molar refractivity (Wildman–Crippen MR) is 70.3 cm³/mol. The Hall–Kier alpha value is -1.96. The lowest BCUT2D eigenvalue weighted by Crippen LogP contribution is -2.34. The van der Waals surface area contributed by atoms with Gasteiger partial charge < -0.3 is 15.7 Å². The minimum atomic E-state index is -4.53. The third-order valence-corrected chi connectivity index (χ3v) is 2.85. The van der Waals surface area contributed by atoms with Gasteiger partial charge in [-0.3, -0.25) is 4.79 Å². The van der Waals surface area contributed by atoms with Gasteiger partial charge in [0.05, 0.1) is 22.2 Å². The molecule has 1 unspecified atom stereocenters. The van der Waals surface area contributed by atoms with Crippen molar-refractivity contribution in [3.8, 4) is 0 Å². The lowest BCUT2D eigenvalue weighted by atomic mass is 10.2. The Labute approximate surface area is 123 Å². The fourth-order valence-electron chi connectivity index (χ4n) is 1.29. The van der Waals surface area contributed by atoms with E-state index >= 15 is 0 Å². The Kier molecular flexibility index (Phi) is 5.42. The molecule has 0 aromatic heterocycles. The van der Waals surface area contributed by atoms with Crippen LogP contribution < -0.4 is 10.6 Å². The highest BCUT2D eigenvalue weighted by molar-refractivity contribution is 6.33. The van der Waals surface area contributed by atoms with Crippen LogP contribution in [0.25, 0.3) is 0 Å². The van der Waals surface area contributed by atoms with Gasteiger partial charge in [0, 0.05) is 6.54 Å². The lowest BCUT2D eigenvalue weighted by molar-refractivity contribution is -0.141. The van der Waals surface area contributed by atoms with E-state index in [1.165, 1.54) is 6.92 Å². The molecule has 21 heavy (non-hydrogen) atoms. The van der Waals surface area contributed by atoms with E-state index in [4.69, 9.17) is 16.7 Å². The topological polar surface area (TPSA) is 78.4 Å². The van der Waals surface area contributed by atoms with Crippen molar-refractivity contribution >= 4 is 29.3 Å². The van der Waals surface area contributed by atoms with Crippen LogP contribution in [0, 0.1) is 5.92 Å². The predicted octanol–water partition coefficient (Wildman–Crippen LogP) is 3.20. The van der Waals surface area contributed by atoms with E-state index in [1.807, 2.05) is 0 Å². The smallest absolute Gasteiger partial charge is 0.416 e. The second-order valence-corrected chi connectivity index (χ2v) is 4.67.